The molecule has 0 radical (unpaired) electrons. The topological polar surface area (TPSA) is 65.6 Å². The van der Waals surface area contributed by atoms with Crippen molar-refractivity contribution in [1.82, 2.24) is 20.0 Å². The molecule has 0 spiro atoms. The summed E-state index contributed by atoms with van der Waals surface area (Å²) in [7, 11) is 2.00. The van der Waals surface area contributed by atoms with Crippen LogP contribution in [-0.2, 0) is 13.1 Å². The van der Waals surface area contributed by atoms with Crippen molar-refractivity contribution in [2.24, 2.45) is 0 Å². The molecular weight excluding hydrogens is 336 g/mol. The molecule has 3 aromatic rings. The van der Waals surface area contributed by atoms with E-state index in [4.69, 9.17) is 4.42 Å². The van der Waals surface area contributed by atoms with Crippen molar-refractivity contribution >= 4 is 21.4 Å². The minimum absolute atomic E-state index is 0.0668. The lowest BCUT2D eigenvalue weighted by Crippen LogP contribution is -2.40. The lowest BCUT2D eigenvalue weighted by atomic mass is 10.2. The molecule has 3 heterocycles. The number of nitrogens with zero attached hydrogens (tertiary/aromatic N) is 4. The highest BCUT2D eigenvalue weighted by Crippen LogP contribution is 2.28. The Labute approximate surface area is 150 Å². The van der Waals surface area contributed by atoms with Crippen molar-refractivity contribution < 1.29 is 9.52 Å². The van der Waals surface area contributed by atoms with Gasteiger partial charge in [0.05, 0.1) is 12.6 Å². The zero-order chi connectivity index (χ0) is 17.4. The number of aromatic nitrogens is 2. The smallest absolute Gasteiger partial charge is 0.230 e. The molecule has 2 atom stereocenters. The van der Waals surface area contributed by atoms with Gasteiger partial charge in [-0.2, -0.15) is 0 Å². The van der Waals surface area contributed by atoms with Gasteiger partial charge in [0.1, 0.15) is 0 Å². The number of likely N-dealkylation sites (tertiary alicyclic amines) is 1. The monoisotopic (exact) mass is 358 g/mol. The molecule has 0 amide bonds. The summed E-state index contributed by atoms with van der Waals surface area (Å²) in [4.78, 5) is 4.42. The molecule has 1 aromatic carbocycles. The van der Waals surface area contributed by atoms with Crippen LogP contribution in [0.3, 0.4) is 0 Å². The number of benzene rings is 1. The Morgan fingerprint density at radius 1 is 1.32 bits per heavy atom. The lowest BCUT2D eigenvalue weighted by molar-refractivity contribution is 0.0899. The fraction of sp³-hybridized carbons (Fsp3) is 0.444. The van der Waals surface area contributed by atoms with Gasteiger partial charge in [-0.1, -0.05) is 18.2 Å². The highest BCUT2D eigenvalue weighted by molar-refractivity contribution is 7.17. The number of aliphatic hydroxyl groups excluding tert-OH is 1. The van der Waals surface area contributed by atoms with Crippen LogP contribution in [0.2, 0.25) is 0 Å². The Kier molecular flexibility index (Phi) is 4.56. The predicted molar refractivity (Wildman–Crippen MR) is 97.4 cm³/mol. The Morgan fingerprint density at radius 2 is 2.16 bits per heavy atom. The third kappa shape index (κ3) is 3.46. The highest BCUT2D eigenvalue weighted by atomic mass is 32.1. The summed E-state index contributed by atoms with van der Waals surface area (Å²) >= 11 is 1.78. The number of hydrogen-bond donors (Lipinski definition) is 1. The van der Waals surface area contributed by atoms with E-state index in [-0.39, 0.29) is 12.1 Å². The van der Waals surface area contributed by atoms with Crippen LogP contribution < -0.4 is 0 Å². The molecule has 2 aromatic heterocycles. The number of aryl methyl sites for hydroxylation is 1. The van der Waals surface area contributed by atoms with Crippen molar-refractivity contribution in [2.45, 2.75) is 32.2 Å². The molecule has 1 aliphatic rings. The molecule has 0 bridgehead atoms. The van der Waals surface area contributed by atoms with Crippen LogP contribution in [0.1, 0.15) is 17.3 Å². The van der Waals surface area contributed by atoms with Gasteiger partial charge in [0.15, 0.2) is 0 Å². The zero-order valence-electron chi connectivity index (χ0n) is 14.4. The molecule has 1 fully saturated rings. The molecule has 25 heavy (non-hydrogen) atoms. The van der Waals surface area contributed by atoms with Crippen LogP contribution in [0.4, 0.5) is 0 Å². The Balaban J connectivity index is 1.42. The summed E-state index contributed by atoms with van der Waals surface area (Å²) in [6.45, 7) is 4.72. The minimum atomic E-state index is -0.376. The number of β-amino-alcohol motifs (C(OH)–C–C–N with tert-alkyl or cyclic N) is 1. The van der Waals surface area contributed by atoms with Crippen LogP contribution in [0.25, 0.3) is 10.1 Å². The van der Waals surface area contributed by atoms with Gasteiger partial charge in [-0.15, -0.1) is 21.5 Å². The van der Waals surface area contributed by atoms with Crippen LogP contribution in [0, 0.1) is 6.92 Å². The maximum absolute atomic E-state index is 10.5. The third-order valence-corrected chi connectivity index (χ3v) is 5.82. The SMILES string of the molecule is Cc1nnc(CN(C)[C@@H]2CN(Cc3csc4ccccc34)C[C@H]2O)o1. The van der Waals surface area contributed by atoms with Gasteiger partial charge in [0.25, 0.3) is 0 Å². The van der Waals surface area contributed by atoms with Crippen molar-refractivity contribution in [3.05, 3.63) is 47.0 Å². The van der Waals surface area contributed by atoms with E-state index in [9.17, 15) is 5.11 Å². The largest absolute Gasteiger partial charge is 0.424 e. The Bertz CT molecular complexity index is 862. The average molecular weight is 358 g/mol. The zero-order valence-corrected chi connectivity index (χ0v) is 15.2. The molecule has 1 aliphatic heterocycles. The standard InChI is InChI=1S/C18H22N4O2S/c1-12-19-20-18(24-12)10-21(2)15-8-22(9-16(15)23)7-13-11-25-17-6-4-3-5-14(13)17/h3-6,11,15-16,23H,7-10H2,1-2H3/t15-,16-/m1/s1. The first-order valence-electron chi connectivity index (χ1n) is 8.45. The first-order chi connectivity index (χ1) is 12.1. The Morgan fingerprint density at radius 3 is 2.96 bits per heavy atom. The van der Waals surface area contributed by atoms with E-state index in [0.29, 0.717) is 24.9 Å². The number of thiophene rings is 1. The van der Waals surface area contributed by atoms with Crippen molar-refractivity contribution in [3.8, 4) is 0 Å². The van der Waals surface area contributed by atoms with Gasteiger partial charge in [-0.3, -0.25) is 9.80 Å². The van der Waals surface area contributed by atoms with Gasteiger partial charge in [-0.05, 0) is 29.4 Å². The Hall–Kier alpha value is -1.80. The van der Waals surface area contributed by atoms with Gasteiger partial charge in [0.2, 0.25) is 11.8 Å². The van der Waals surface area contributed by atoms with Crippen LogP contribution >= 0.6 is 11.3 Å². The third-order valence-electron chi connectivity index (χ3n) is 4.81. The number of likely N-dealkylation sites (N-methyl/N-ethyl adjacent to an activating group) is 1. The van der Waals surface area contributed by atoms with E-state index in [1.807, 2.05) is 7.05 Å². The van der Waals surface area contributed by atoms with E-state index in [0.717, 1.165) is 13.1 Å². The summed E-state index contributed by atoms with van der Waals surface area (Å²) in [6.07, 6.45) is -0.376. The van der Waals surface area contributed by atoms with E-state index < -0.39 is 0 Å². The second-order valence-corrected chi connectivity index (χ2v) is 7.63. The molecule has 132 valence electrons. The van der Waals surface area contributed by atoms with Crippen LogP contribution in [0.15, 0.2) is 34.1 Å². The normalized spacial score (nSPS) is 21.6. The van der Waals surface area contributed by atoms with Crippen molar-refractivity contribution in [3.63, 3.8) is 0 Å². The molecular formula is C18H22N4O2S. The maximum atomic E-state index is 10.5. The van der Waals surface area contributed by atoms with E-state index in [2.05, 4.69) is 49.6 Å². The molecule has 7 heteroatoms. The summed E-state index contributed by atoms with van der Waals surface area (Å²) in [5, 5.41) is 22.0. The molecule has 0 unspecified atom stereocenters. The number of aliphatic hydroxyl groups is 1. The molecule has 6 nitrogen and oxygen atoms in total. The second-order valence-electron chi connectivity index (χ2n) is 6.72. The molecule has 0 saturated carbocycles. The number of fused-ring (bicyclic) bond motifs is 1. The maximum Gasteiger partial charge on any atom is 0.230 e. The fourth-order valence-electron chi connectivity index (χ4n) is 3.54. The van der Waals surface area contributed by atoms with E-state index in [1.165, 1.54) is 15.6 Å². The lowest BCUT2D eigenvalue weighted by Gasteiger charge is -2.25. The van der Waals surface area contributed by atoms with Crippen molar-refractivity contribution in [1.29, 1.82) is 0 Å². The average Bonchev–Trinajstić information content (AvgIpc) is 3.28. The van der Waals surface area contributed by atoms with E-state index >= 15 is 0 Å². The summed E-state index contributed by atoms with van der Waals surface area (Å²) in [5.74, 6) is 1.16. The van der Waals surface area contributed by atoms with Gasteiger partial charge >= 0.3 is 0 Å². The quantitative estimate of drug-likeness (QED) is 0.755. The van der Waals surface area contributed by atoms with Crippen LogP contribution in [-0.4, -0.2) is 57.4 Å². The first kappa shape index (κ1) is 16.7. The summed E-state index contributed by atoms with van der Waals surface area (Å²) in [5.41, 5.74) is 1.34. The van der Waals surface area contributed by atoms with E-state index in [1.54, 1.807) is 18.3 Å². The molecule has 0 aliphatic carbocycles. The minimum Gasteiger partial charge on any atom is -0.424 e. The second kappa shape index (κ2) is 6.84. The molecule has 4 rings (SSSR count). The first-order valence-corrected chi connectivity index (χ1v) is 9.33. The molecule has 1 N–H and O–H groups in total. The fourth-order valence-corrected chi connectivity index (χ4v) is 4.49. The van der Waals surface area contributed by atoms with Crippen LogP contribution in [0.5, 0.6) is 0 Å². The van der Waals surface area contributed by atoms with Gasteiger partial charge in [0, 0.05) is 37.3 Å². The summed E-state index contributed by atoms with van der Waals surface area (Å²) in [6, 6.07) is 8.56. The highest BCUT2D eigenvalue weighted by Gasteiger charge is 2.34. The van der Waals surface area contributed by atoms with Crippen molar-refractivity contribution in [2.75, 3.05) is 20.1 Å². The predicted octanol–water partition coefficient (Wildman–Crippen LogP) is 2.27. The van der Waals surface area contributed by atoms with Gasteiger partial charge in [-0.25, -0.2) is 0 Å². The molecule has 1 saturated heterocycles. The summed E-state index contributed by atoms with van der Waals surface area (Å²) < 4.78 is 6.77. The number of hydrogen-bond acceptors (Lipinski definition) is 7. The number of rotatable bonds is 5. The van der Waals surface area contributed by atoms with Gasteiger partial charge < -0.3 is 9.52 Å².